The van der Waals surface area contributed by atoms with Crippen LogP contribution in [-0.4, -0.2) is 46.7 Å². The van der Waals surface area contributed by atoms with Crippen molar-refractivity contribution in [1.29, 1.82) is 0 Å². The second-order valence-electron chi connectivity index (χ2n) is 6.10. The molecule has 8 heteroatoms. The lowest BCUT2D eigenvalue weighted by Crippen LogP contribution is -2.44. The molecule has 130 valence electrons. The molecule has 1 fully saturated rings. The molecule has 0 bridgehead atoms. The maximum Gasteiger partial charge on any atom is 0.269 e. The number of aromatic nitrogens is 3. The van der Waals surface area contributed by atoms with E-state index >= 15 is 0 Å². The van der Waals surface area contributed by atoms with Crippen LogP contribution in [0.5, 0.6) is 0 Å². The molecular weight excluding hydrogens is 358 g/mol. The molecule has 0 saturated carbocycles. The fraction of sp³-hybridized carbons (Fsp3) is 0.353. The maximum atomic E-state index is 6.09. The van der Waals surface area contributed by atoms with E-state index < -0.39 is 0 Å². The third-order valence-electron chi connectivity index (χ3n) is 4.31. The Labute approximate surface area is 154 Å². The van der Waals surface area contributed by atoms with E-state index in [-0.39, 0.29) is 6.04 Å². The number of benzene rings is 1. The summed E-state index contributed by atoms with van der Waals surface area (Å²) in [6, 6.07) is 7.81. The number of nitrogens with zero attached hydrogens (tertiary/aromatic N) is 4. The number of hydrogen-bond donors (Lipinski definition) is 1. The van der Waals surface area contributed by atoms with Crippen LogP contribution < -0.4 is 5.32 Å². The zero-order chi connectivity index (χ0) is 17.4. The van der Waals surface area contributed by atoms with Gasteiger partial charge in [-0.15, -0.1) is 11.3 Å². The average Bonchev–Trinajstić information content (AvgIpc) is 3.22. The summed E-state index contributed by atoms with van der Waals surface area (Å²) >= 11 is 7.63. The van der Waals surface area contributed by atoms with Gasteiger partial charge in [0.25, 0.3) is 5.89 Å². The molecule has 2 aromatic heterocycles. The Bertz CT molecular complexity index is 893. The van der Waals surface area contributed by atoms with Gasteiger partial charge in [-0.2, -0.15) is 4.98 Å². The first-order chi connectivity index (χ1) is 12.1. The van der Waals surface area contributed by atoms with Crippen LogP contribution in [0.4, 0.5) is 0 Å². The lowest BCUT2D eigenvalue weighted by molar-refractivity contribution is 0.190. The fourth-order valence-corrected chi connectivity index (χ4v) is 4.07. The van der Waals surface area contributed by atoms with Crippen molar-refractivity contribution in [3.63, 3.8) is 0 Å². The fourth-order valence-electron chi connectivity index (χ4n) is 2.90. The van der Waals surface area contributed by atoms with E-state index in [2.05, 4.69) is 32.4 Å². The molecule has 4 rings (SSSR count). The summed E-state index contributed by atoms with van der Waals surface area (Å²) in [5.41, 5.74) is 1.87. The maximum absolute atomic E-state index is 6.09. The number of hydrogen-bond acceptors (Lipinski definition) is 7. The van der Waals surface area contributed by atoms with E-state index in [1.165, 1.54) is 11.3 Å². The molecule has 6 nitrogen and oxygen atoms in total. The predicted molar refractivity (Wildman–Crippen MR) is 98.8 cm³/mol. The molecule has 0 aliphatic carbocycles. The normalized spacial score (nSPS) is 18.6. The molecule has 1 aromatic carbocycles. The van der Waals surface area contributed by atoms with Crippen LogP contribution in [0.3, 0.4) is 0 Å². The van der Waals surface area contributed by atoms with Crippen LogP contribution in [0.25, 0.3) is 21.3 Å². The van der Waals surface area contributed by atoms with Crippen LogP contribution in [0, 0.1) is 6.92 Å². The summed E-state index contributed by atoms with van der Waals surface area (Å²) in [7, 11) is 2.08. The van der Waals surface area contributed by atoms with E-state index in [0.29, 0.717) is 16.7 Å². The van der Waals surface area contributed by atoms with Crippen molar-refractivity contribution >= 4 is 22.9 Å². The van der Waals surface area contributed by atoms with Crippen molar-refractivity contribution in [3.05, 3.63) is 40.8 Å². The molecule has 0 radical (unpaired) electrons. The lowest BCUT2D eigenvalue weighted by Gasteiger charge is -2.30. The Morgan fingerprint density at radius 3 is 3.04 bits per heavy atom. The third-order valence-corrected chi connectivity index (χ3v) is 5.74. The number of aryl methyl sites for hydroxylation is 1. The van der Waals surface area contributed by atoms with Crippen molar-refractivity contribution < 1.29 is 4.52 Å². The molecular formula is C17H18ClN5OS. The van der Waals surface area contributed by atoms with Gasteiger partial charge in [-0.25, -0.2) is 4.98 Å². The number of nitrogens with one attached hydrogen (secondary N) is 1. The minimum Gasteiger partial charge on any atom is -0.333 e. The highest BCUT2D eigenvalue weighted by atomic mass is 35.5. The zero-order valence-electron chi connectivity index (χ0n) is 14.0. The number of rotatable bonds is 3. The number of halogens is 1. The quantitative estimate of drug-likeness (QED) is 0.756. The molecule has 25 heavy (non-hydrogen) atoms. The smallest absolute Gasteiger partial charge is 0.269 e. The van der Waals surface area contributed by atoms with Gasteiger partial charge in [0.2, 0.25) is 0 Å². The largest absolute Gasteiger partial charge is 0.333 e. The number of thiazole rings is 1. The Kier molecular flexibility index (Phi) is 4.56. The first kappa shape index (κ1) is 16.7. The topological polar surface area (TPSA) is 67.1 Å². The number of likely N-dealkylation sites (N-methyl/N-ethyl adjacent to an activating group) is 1. The van der Waals surface area contributed by atoms with Crippen molar-refractivity contribution in [2.24, 2.45) is 0 Å². The van der Waals surface area contributed by atoms with Crippen LogP contribution >= 0.6 is 22.9 Å². The van der Waals surface area contributed by atoms with Gasteiger partial charge >= 0.3 is 0 Å². The van der Waals surface area contributed by atoms with E-state index in [1.54, 1.807) is 0 Å². The summed E-state index contributed by atoms with van der Waals surface area (Å²) < 4.78 is 5.53. The monoisotopic (exact) mass is 375 g/mol. The van der Waals surface area contributed by atoms with Gasteiger partial charge in [-0.1, -0.05) is 28.9 Å². The SMILES string of the molecule is Cc1nc(-c2cccc(Cl)c2)sc1-c1nc(C2CNCCN2C)no1. The summed E-state index contributed by atoms with van der Waals surface area (Å²) in [6.07, 6.45) is 0. The number of piperazine rings is 1. The summed E-state index contributed by atoms with van der Waals surface area (Å²) in [4.78, 5) is 12.4. The molecule has 0 spiro atoms. The highest BCUT2D eigenvalue weighted by Gasteiger charge is 2.26. The summed E-state index contributed by atoms with van der Waals surface area (Å²) in [6.45, 7) is 4.73. The third kappa shape index (κ3) is 3.32. The van der Waals surface area contributed by atoms with Gasteiger partial charge in [-0.3, -0.25) is 4.90 Å². The van der Waals surface area contributed by atoms with Crippen molar-refractivity contribution in [3.8, 4) is 21.3 Å². The Morgan fingerprint density at radius 1 is 1.36 bits per heavy atom. The van der Waals surface area contributed by atoms with Crippen LogP contribution in [-0.2, 0) is 0 Å². The molecule has 1 unspecified atom stereocenters. The standard InChI is InChI=1S/C17H18ClN5OS/c1-10-14(25-17(20-10)11-4-3-5-12(18)8-11)16-21-15(22-24-16)13-9-19-6-7-23(13)2/h3-5,8,13,19H,6-7,9H2,1-2H3. The minimum absolute atomic E-state index is 0.131. The second-order valence-corrected chi connectivity index (χ2v) is 7.54. The van der Waals surface area contributed by atoms with Crippen molar-refractivity contribution in [1.82, 2.24) is 25.3 Å². The van der Waals surface area contributed by atoms with Crippen LogP contribution in [0.1, 0.15) is 17.6 Å². The van der Waals surface area contributed by atoms with Gasteiger partial charge in [0, 0.05) is 30.2 Å². The van der Waals surface area contributed by atoms with Gasteiger partial charge in [0.1, 0.15) is 9.88 Å². The Balaban J connectivity index is 1.64. The van der Waals surface area contributed by atoms with Crippen LogP contribution in [0.2, 0.25) is 5.02 Å². The van der Waals surface area contributed by atoms with Gasteiger partial charge in [0.05, 0.1) is 11.7 Å². The molecule has 0 amide bonds. The molecule has 3 heterocycles. The van der Waals surface area contributed by atoms with E-state index in [0.717, 1.165) is 40.8 Å². The van der Waals surface area contributed by atoms with Crippen molar-refractivity contribution in [2.45, 2.75) is 13.0 Å². The molecule has 1 aliphatic heterocycles. The van der Waals surface area contributed by atoms with Gasteiger partial charge in [-0.05, 0) is 26.1 Å². The first-order valence-electron chi connectivity index (χ1n) is 8.10. The van der Waals surface area contributed by atoms with E-state index in [1.807, 2.05) is 31.2 Å². The lowest BCUT2D eigenvalue weighted by atomic mass is 10.2. The summed E-state index contributed by atoms with van der Waals surface area (Å²) in [5.74, 6) is 1.24. The van der Waals surface area contributed by atoms with Gasteiger partial charge < -0.3 is 9.84 Å². The average molecular weight is 376 g/mol. The molecule has 1 saturated heterocycles. The van der Waals surface area contributed by atoms with E-state index in [9.17, 15) is 0 Å². The summed E-state index contributed by atoms with van der Waals surface area (Å²) in [5, 5.41) is 9.15. The van der Waals surface area contributed by atoms with Crippen molar-refractivity contribution in [2.75, 3.05) is 26.7 Å². The highest BCUT2D eigenvalue weighted by molar-refractivity contribution is 7.18. The van der Waals surface area contributed by atoms with E-state index in [4.69, 9.17) is 16.1 Å². The molecule has 1 atom stereocenters. The predicted octanol–water partition coefficient (Wildman–Crippen LogP) is 3.40. The Hall–Kier alpha value is -1.80. The first-order valence-corrected chi connectivity index (χ1v) is 9.29. The highest BCUT2D eigenvalue weighted by Crippen LogP contribution is 2.35. The second kappa shape index (κ2) is 6.84. The van der Waals surface area contributed by atoms with Crippen LogP contribution in [0.15, 0.2) is 28.8 Å². The zero-order valence-corrected chi connectivity index (χ0v) is 15.6. The minimum atomic E-state index is 0.131. The molecule has 1 aliphatic rings. The molecule has 3 aromatic rings. The Morgan fingerprint density at radius 2 is 2.24 bits per heavy atom. The molecule has 1 N–H and O–H groups in total. The van der Waals surface area contributed by atoms with Gasteiger partial charge in [0.15, 0.2) is 5.82 Å².